The molecule has 1 amide bonds. The zero-order valence-corrected chi connectivity index (χ0v) is 13.9. The van der Waals surface area contributed by atoms with Gasteiger partial charge >= 0.3 is 0 Å². The summed E-state index contributed by atoms with van der Waals surface area (Å²) in [5.74, 6) is 0.556. The summed E-state index contributed by atoms with van der Waals surface area (Å²) in [6.45, 7) is 6.01. The lowest BCUT2D eigenvalue weighted by Gasteiger charge is -2.17. The van der Waals surface area contributed by atoms with Crippen LogP contribution in [0.1, 0.15) is 45.2 Å². The van der Waals surface area contributed by atoms with Gasteiger partial charge in [0.15, 0.2) is 6.61 Å². The Hall–Kier alpha value is -1.07. The number of nitrogens with two attached hydrogens (primary N) is 1. The van der Waals surface area contributed by atoms with Gasteiger partial charge in [-0.1, -0.05) is 29.8 Å². The van der Waals surface area contributed by atoms with Crippen LogP contribution in [0.3, 0.4) is 0 Å². The van der Waals surface area contributed by atoms with Crippen molar-refractivity contribution < 1.29 is 9.53 Å². The molecule has 112 valence electrons. The highest BCUT2D eigenvalue weighted by Gasteiger charge is 2.12. The Labute approximate surface area is 129 Å². The molecule has 1 rings (SSSR count). The molecule has 4 nitrogen and oxygen atoms in total. The van der Waals surface area contributed by atoms with Gasteiger partial charge in [-0.15, -0.1) is 0 Å². The minimum Gasteiger partial charge on any atom is -0.483 e. The Balaban J connectivity index is 2.63. The lowest BCUT2D eigenvalue weighted by Crippen LogP contribution is -2.37. The molecule has 0 saturated heterocycles. The van der Waals surface area contributed by atoms with Crippen molar-refractivity contribution in [1.82, 2.24) is 5.32 Å². The highest BCUT2D eigenvalue weighted by atomic mass is 79.9. The van der Waals surface area contributed by atoms with E-state index in [-0.39, 0.29) is 24.6 Å². The maximum Gasteiger partial charge on any atom is 0.258 e. The molecule has 1 aromatic carbocycles. The average molecular weight is 343 g/mol. The van der Waals surface area contributed by atoms with Crippen molar-refractivity contribution in [3.05, 3.63) is 28.2 Å². The molecule has 3 N–H and O–H groups in total. The van der Waals surface area contributed by atoms with E-state index in [1.165, 1.54) is 0 Å². The van der Waals surface area contributed by atoms with Gasteiger partial charge in [0.25, 0.3) is 5.91 Å². The number of nitrogens with one attached hydrogen (secondary N) is 1. The van der Waals surface area contributed by atoms with E-state index < -0.39 is 0 Å². The number of benzene rings is 1. The zero-order chi connectivity index (χ0) is 15.1. The second-order valence-electron chi connectivity index (χ2n) is 4.84. The van der Waals surface area contributed by atoms with Crippen LogP contribution in [-0.2, 0) is 4.79 Å². The molecule has 0 aliphatic rings. The summed E-state index contributed by atoms with van der Waals surface area (Å²) in [6, 6.07) is 5.68. The number of rotatable bonds is 7. The van der Waals surface area contributed by atoms with Gasteiger partial charge in [-0.3, -0.25) is 4.79 Å². The number of carbonyl (C=O) groups excluding carboxylic acids is 1. The average Bonchev–Trinajstić information content (AvgIpc) is 2.43. The van der Waals surface area contributed by atoms with Crippen LogP contribution in [0.4, 0.5) is 0 Å². The highest BCUT2D eigenvalue weighted by molar-refractivity contribution is 9.10. The monoisotopic (exact) mass is 342 g/mol. The van der Waals surface area contributed by atoms with Crippen LogP contribution >= 0.6 is 15.9 Å². The SMILES string of the molecule is CCC(CC)NC(=O)COc1ccc(Br)cc1C(C)N. The van der Waals surface area contributed by atoms with Crippen molar-refractivity contribution in [2.24, 2.45) is 5.73 Å². The fourth-order valence-electron chi connectivity index (χ4n) is 1.91. The summed E-state index contributed by atoms with van der Waals surface area (Å²) in [7, 11) is 0. The van der Waals surface area contributed by atoms with Crippen molar-refractivity contribution >= 4 is 21.8 Å². The smallest absolute Gasteiger partial charge is 0.258 e. The molecule has 0 heterocycles. The van der Waals surface area contributed by atoms with Gasteiger partial charge in [0.2, 0.25) is 0 Å². The van der Waals surface area contributed by atoms with Gasteiger partial charge in [0, 0.05) is 22.1 Å². The number of amides is 1. The van der Waals surface area contributed by atoms with E-state index in [0.29, 0.717) is 5.75 Å². The van der Waals surface area contributed by atoms with Crippen LogP contribution in [0.15, 0.2) is 22.7 Å². The predicted molar refractivity (Wildman–Crippen MR) is 84.8 cm³/mol. The standard InChI is InChI=1S/C15H23BrN2O2/c1-4-12(5-2)18-15(19)9-20-14-7-6-11(16)8-13(14)10(3)17/h6-8,10,12H,4-5,9,17H2,1-3H3,(H,18,19). The predicted octanol–water partition coefficient (Wildman–Crippen LogP) is 3.15. The molecule has 0 aliphatic heterocycles. The van der Waals surface area contributed by atoms with Crippen molar-refractivity contribution in [3.63, 3.8) is 0 Å². The number of hydrogen-bond donors (Lipinski definition) is 2. The van der Waals surface area contributed by atoms with Crippen molar-refractivity contribution in [2.45, 2.75) is 45.7 Å². The van der Waals surface area contributed by atoms with E-state index in [1.54, 1.807) is 0 Å². The van der Waals surface area contributed by atoms with E-state index in [0.717, 1.165) is 22.9 Å². The second-order valence-corrected chi connectivity index (χ2v) is 5.76. The molecule has 20 heavy (non-hydrogen) atoms. The maximum atomic E-state index is 11.8. The minimum absolute atomic E-state index is 0.0118. The lowest BCUT2D eigenvalue weighted by atomic mass is 10.1. The normalized spacial score (nSPS) is 12.3. The largest absolute Gasteiger partial charge is 0.483 e. The Bertz CT molecular complexity index is 445. The third-order valence-electron chi connectivity index (χ3n) is 3.17. The van der Waals surface area contributed by atoms with Crippen LogP contribution in [0, 0.1) is 0 Å². The Morgan fingerprint density at radius 2 is 2.05 bits per heavy atom. The van der Waals surface area contributed by atoms with E-state index in [1.807, 2.05) is 25.1 Å². The van der Waals surface area contributed by atoms with Gasteiger partial charge < -0.3 is 15.8 Å². The Morgan fingerprint density at radius 1 is 1.40 bits per heavy atom. The Kier molecular flexibility index (Phi) is 7.02. The molecule has 0 spiro atoms. The third kappa shape index (κ3) is 5.13. The third-order valence-corrected chi connectivity index (χ3v) is 3.67. The summed E-state index contributed by atoms with van der Waals surface area (Å²) in [4.78, 5) is 11.8. The molecule has 1 aromatic rings. The van der Waals surface area contributed by atoms with Crippen LogP contribution in [0.2, 0.25) is 0 Å². The molecule has 0 bridgehead atoms. The fraction of sp³-hybridized carbons (Fsp3) is 0.533. The molecule has 0 aliphatic carbocycles. The van der Waals surface area contributed by atoms with Crippen LogP contribution < -0.4 is 15.8 Å². The minimum atomic E-state index is -0.149. The first-order chi connectivity index (χ1) is 9.47. The number of ether oxygens (including phenoxy) is 1. The molecule has 0 fully saturated rings. The molecular formula is C15H23BrN2O2. The van der Waals surface area contributed by atoms with E-state index in [9.17, 15) is 4.79 Å². The summed E-state index contributed by atoms with van der Waals surface area (Å²) >= 11 is 3.41. The highest BCUT2D eigenvalue weighted by Crippen LogP contribution is 2.27. The molecule has 0 saturated carbocycles. The van der Waals surface area contributed by atoms with Gasteiger partial charge in [-0.2, -0.15) is 0 Å². The Morgan fingerprint density at radius 3 is 2.60 bits per heavy atom. The fourth-order valence-corrected chi connectivity index (χ4v) is 2.29. The first kappa shape index (κ1) is 17.0. The number of halogens is 1. The number of hydrogen-bond acceptors (Lipinski definition) is 3. The topological polar surface area (TPSA) is 64.3 Å². The van der Waals surface area contributed by atoms with Gasteiger partial charge in [-0.25, -0.2) is 0 Å². The molecule has 5 heteroatoms. The molecule has 0 aromatic heterocycles. The second kappa shape index (κ2) is 8.27. The number of carbonyl (C=O) groups is 1. The molecular weight excluding hydrogens is 320 g/mol. The quantitative estimate of drug-likeness (QED) is 0.799. The maximum absolute atomic E-state index is 11.8. The van der Waals surface area contributed by atoms with Crippen molar-refractivity contribution in [3.8, 4) is 5.75 Å². The summed E-state index contributed by atoms with van der Waals surface area (Å²) in [6.07, 6.45) is 1.84. The van der Waals surface area contributed by atoms with Crippen molar-refractivity contribution in [2.75, 3.05) is 6.61 Å². The van der Waals surface area contributed by atoms with E-state index in [2.05, 4.69) is 35.1 Å². The first-order valence-corrected chi connectivity index (χ1v) is 7.74. The van der Waals surface area contributed by atoms with Gasteiger partial charge in [0.1, 0.15) is 5.75 Å². The lowest BCUT2D eigenvalue weighted by molar-refractivity contribution is -0.123. The first-order valence-electron chi connectivity index (χ1n) is 6.95. The van der Waals surface area contributed by atoms with Gasteiger partial charge in [-0.05, 0) is 38.0 Å². The zero-order valence-electron chi connectivity index (χ0n) is 12.3. The van der Waals surface area contributed by atoms with Crippen LogP contribution in [-0.4, -0.2) is 18.6 Å². The van der Waals surface area contributed by atoms with Crippen LogP contribution in [0.25, 0.3) is 0 Å². The van der Waals surface area contributed by atoms with E-state index >= 15 is 0 Å². The molecule has 0 radical (unpaired) electrons. The van der Waals surface area contributed by atoms with E-state index in [4.69, 9.17) is 10.5 Å². The van der Waals surface area contributed by atoms with Crippen LogP contribution in [0.5, 0.6) is 5.75 Å². The molecule has 1 atom stereocenters. The molecule has 1 unspecified atom stereocenters. The summed E-state index contributed by atoms with van der Waals surface area (Å²) in [5.41, 5.74) is 6.80. The van der Waals surface area contributed by atoms with Crippen molar-refractivity contribution in [1.29, 1.82) is 0 Å². The summed E-state index contributed by atoms with van der Waals surface area (Å²) < 4.78 is 6.54. The van der Waals surface area contributed by atoms with Gasteiger partial charge in [0.05, 0.1) is 0 Å². The summed E-state index contributed by atoms with van der Waals surface area (Å²) in [5, 5.41) is 2.94.